The topological polar surface area (TPSA) is 80.5 Å². The maximum atomic E-state index is 12.7. The van der Waals surface area contributed by atoms with Gasteiger partial charge in [0.2, 0.25) is 15.0 Å². The molecule has 4 rings (SSSR count). The van der Waals surface area contributed by atoms with Crippen LogP contribution < -0.4 is 5.32 Å². The first-order valence-corrected chi connectivity index (χ1v) is 10.6. The van der Waals surface area contributed by atoms with Crippen LogP contribution in [0.5, 0.6) is 0 Å². The van der Waals surface area contributed by atoms with Crippen LogP contribution in [0.25, 0.3) is 15.6 Å². The zero-order valence-corrected chi connectivity index (χ0v) is 15.5. The molecule has 3 heterocycles. The summed E-state index contributed by atoms with van der Waals surface area (Å²) in [6.07, 6.45) is 2.66. The number of carbonyl (C=O) groups is 1. The summed E-state index contributed by atoms with van der Waals surface area (Å²) in [5, 5.41) is 5.82. The van der Waals surface area contributed by atoms with Crippen LogP contribution in [0, 0.1) is 0 Å². The Bertz CT molecular complexity index is 1240. The molecule has 0 saturated heterocycles. The van der Waals surface area contributed by atoms with Gasteiger partial charge in [-0.05, 0) is 34.5 Å². The molecule has 1 N–H and O–H groups in total. The molecule has 0 saturated carbocycles. The van der Waals surface area contributed by atoms with Gasteiger partial charge < -0.3 is 5.32 Å². The van der Waals surface area contributed by atoms with Crippen LogP contribution in [0.4, 0.5) is 0 Å². The highest BCUT2D eigenvalue weighted by molar-refractivity contribution is 7.90. The largest absolute Gasteiger partial charge is 0.346 e. The summed E-state index contributed by atoms with van der Waals surface area (Å²) in [6, 6.07) is 13.1. The lowest BCUT2D eigenvalue weighted by molar-refractivity contribution is 0.0948. The molecule has 0 spiro atoms. The number of fused-ring (bicyclic) bond motifs is 2. The second kappa shape index (κ2) is 6.22. The van der Waals surface area contributed by atoms with Crippen molar-refractivity contribution >= 4 is 42.7 Å². The lowest BCUT2D eigenvalue weighted by atomic mass is 10.2. The Balaban J connectivity index is 1.67. The SMILES string of the molecule is CS(=O)(=O)c1nc(C(=O)NCc2csc3ccccc23)c2ccccn12. The summed E-state index contributed by atoms with van der Waals surface area (Å²) in [6.45, 7) is 0.350. The Morgan fingerprint density at radius 3 is 2.77 bits per heavy atom. The number of carbonyl (C=O) groups excluding carboxylic acids is 1. The zero-order valence-electron chi connectivity index (χ0n) is 13.8. The summed E-state index contributed by atoms with van der Waals surface area (Å²) >= 11 is 1.62. The molecule has 0 radical (unpaired) electrons. The molecule has 8 heteroatoms. The number of rotatable bonds is 4. The predicted molar refractivity (Wildman–Crippen MR) is 101 cm³/mol. The molecule has 1 aromatic carbocycles. The Morgan fingerprint density at radius 1 is 1.19 bits per heavy atom. The normalized spacial score (nSPS) is 11.9. The van der Waals surface area contributed by atoms with Crippen molar-refractivity contribution in [1.82, 2.24) is 14.7 Å². The molecular formula is C18H15N3O3S2. The van der Waals surface area contributed by atoms with E-state index in [-0.39, 0.29) is 10.9 Å². The molecule has 3 aromatic heterocycles. The van der Waals surface area contributed by atoms with Gasteiger partial charge in [0.15, 0.2) is 5.69 Å². The van der Waals surface area contributed by atoms with Crippen LogP contribution >= 0.6 is 11.3 Å². The first kappa shape index (κ1) is 16.7. The van der Waals surface area contributed by atoms with Gasteiger partial charge in [-0.3, -0.25) is 9.20 Å². The van der Waals surface area contributed by atoms with E-state index in [1.165, 1.54) is 4.40 Å². The number of amides is 1. The summed E-state index contributed by atoms with van der Waals surface area (Å²) in [5.74, 6) is -0.404. The molecule has 0 bridgehead atoms. The van der Waals surface area contributed by atoms with Crippen LogP contribution in [0.1, 0.15) is 16.1 Å². The van der Waals surface area contributed by atoms with Crippen LogP contribution in [0.15, 0.2) is 59.2 Å². The van der Waals surface area contributed by atoms with Crippen molar-refractivity contribution in [3.05, 3.63) is 65.3 Å². The summed E-state index contributed by atoms with van der Waals surface area (Å²) in [5.41, 5.74) is 1.58. The molecule has 132 valence electrons. The van der Waals surface area contributed by atoms with E-state index in [0.29, 0.717) is 12.1 Å². The minimum atomic E-state index is -3.56. The third-order valence-electron chi connectivity index (χ3n) is 4.06. The zero-order chi connectivity index (χ0) is 18.3. The summed E-state index contributed by atoms with van der Waals surface area (Å²) < 4.78 is 26.5. The first-order chi connectivity index (χ1) is 12.4. The van der Waals surface area contributed by atoms with Crippen molar-refractivity contribution in [2.75, 3.05) is 6.26 Å². The van der Waals surface area contributed by atoms with Crippen molar-refractivity contribution in [1.29, 1.82) is 0 Å². The third kappa shape index (κ3) is 2.87. The molecule has 26 heavy (non-hydrogen) atoms. The minimum Gasteiger partial charge on any atom is -0.346 e. The Hall–Kier alpha value is -2.71. The number of sulfone groups is 1. The van der Waals surface area contributed by atoms with E-state index in [0.717, 1.165) is 21.9 Å². The third-order valence-corrected chi connectivity index (χ3v) is 6.03. The second-order valence-electron chi connectivity index (χ2n) is 5.91. The fourth-order valence-corrected chi connectivity index (χ4v) is 4.60. The molecule has 0 unspecified atom stereocenters. The highest BCUT2D eigenvalue weighted by atomic mass is 32.2. The monoisotopic (exact) mass is 385 g/mol. The van der Waals surface area contributed by atoms with Crippen molar-refractivity contribution in [2.45, 2.75) is 11.7 Å². The summed E-state index contributed by atoms with van der Waals surface area (Å²) in [4.78, 5) is 16.7. The van der Waals surface area contributed by atoms with Gasteiger partial charge in [-0.1, -0.05) is 24.3 Å². The Labute approximate surface area is 154 Å². The lowest BCUT2D eigenvalue weighted by Gasteiger charge is -2.03. The minimum absolute atomic E-state index is 0.102. The van der Waals surface area contributed by atoms with Crippen molar-refractivity contribution in [2.24, 2.45) is 0 Å². The van der Waals surface area contributed by atoms with Gasteiger partial charge >= 0.3 is 0 Å². The molecule has 6 nitrogen and oxygen atoms in total. The van der Waals surface area contributed by atoms with Gasteiger partial charge in [0.25, 0.3) is 5.91 Å². The number of benzene rings is 1. The fraction of sp³-hybridized carbons (Fsp3) is 0.111. The van der Waals surface area contributed by atoms with E-state index in [4.69, 9.17) is 0 Å². The van der Waals surface area contributed by atoms with Gasteiger partial charge in [-0.2, -0.15) is 0 Å². The number of hydrogen-bond donors (Lipinski definition) is 1. The van der Waals surface area contributed by atoms with E-state index in [1.807, 2.05) is 29.6 Å². The van der Waals surface area contributed by atoms with Crippen LogP contribution in [0.2, 0.25) is 0 Å². The fourth-order valence-electron chi connectivity index (χ4n) is 2.87. The lowest BCUT2D eigenvalue weighted by Crippen LogP contribution is -2.23. The van der Waals surface area contributed by atoms with Gasteiger partial charge in [-0.25, -0.2) is 13.4 Å². The molecule has 0 aliphatic carbocycles. The quantitative estimate of drug-likeness (QED) is 0.586. The molecule has 0 atom stereocenters. The van der Waals surface area contributed by atoms with Gasteiger partial charge in [0.1, 0.15) is 0 Å². The standard InChI is InChI=1S/C18H15N3O3S2/c1-26(23,24)18-20-16(14-7-4-5-9-21(14)18)17(22)19-10-12-11-25-15-8-3-2-6-13(12)15/h2-9,11H,10H2,1H3,(H,19,22). The number of nitrogens with one attached hydrogen (secondary N) is 1. The average molecular weight is 385 g/mol. The number of hydrogen-bond acceptors (Lipinski definition) is 5. The average Bonchev–Trinajstić information content (AvgIpc) is 3.21. The van der Waals surface area contributed by atoms with Crippen LogP contribution in [-0.4, -0.2) is 30.0 Å². The van der Waals surface area contributed by atoms with E-state index in [9.17, 15) is 13.2 Å². The molecule has 0 aliphatic rings. The van der Waals surface area contributed by atoms with Crippen molar-refractivity contribution in [3.8, 4) is 0 Å². The number of aromatic nitrogens is 2. The molecule has 4 aromatic rings. The van der Waals surface area contributed by atoms with Gasteiger partial charge in [0.05, 0.1) is 5.52 Å². The molecule has 0 fully saturated rings. The smallest absolute Gasteiger partial charge is 0.272 e. The highest BCUT2D eigenvalue weighted by Crippen LogP contribution is 2.25. The maximum Gasteiger partial charge on any atom is 0.272 e. The first-order valence-electron chi connectivity index (χ1n) is 7.85. The number of pyridine rings is 1. The number of imidazole rings is 1. The predicted octanol–water partition coefficient (Wildman–Crippen LogP) is 2.88. The van der Waals surface area contributed by atoms with Crippen LogP contribution in [-0.2, 0) is 16.4 Å². The Kier molecular flexibility index (Phi) is 4.01. The van der Waals surface area contributed by atoms with Gasteiger partial charge in [-0.15, -0.1) is 11.3 Å². The van der Waals surface area contributed by atoms with Gasteiger partial charge in [0, 0.05) is 23.7 Å². The molecule has 1 amide bonds. The molecule has 0 aliphatic heterocycles. The highest BCUT2D eigenvalue weighted by Gasteiger charge is 2.22. The van der Waals surface area contributed by atoms with Crippen molar-refractivity contribution < 1.29 is 13.2 Å². The Morgan fingerprint density at radius 2 is 1.96 bits per heavy atom. The van der Waals surface area contributed by atoms with E-state index < -0.39 is 15.7 Å². The number of thiophene rings is 1. The second-order valence-corrected chi connectivity index (χ2v) is 8.73. The van der Waals surface area contributed by atoms with E-state index in [1.54, 1.807) is 35.7 Å². The summed E-state index contributed by atoms with van der Waals surface area (Å²) in [7, 11) is -3.56. The number of nitrogens with zero attached hydrogens (tertiary/aromatic N) is 2. The van der Waals surface area contributed by atoms with E-state index in [2.05, 4.69) is 10.3 Å². The van der Waals surface area contributed by atoms with Crippen LogP contribution in [0.3, 0.4) is 0 Å². The van der Waals surface area contributed by atoms with E-state index >= 15 is 0 Å². The molecular weight excluding hydrogens is 370 g/mol. The van der Waals surface area contributed by atoms with Crippen molar-refractivity contribution in [3.63, 3.8) is 0 Å². The maximum absolute atomic E-state index is 12.7.